The van der Waals surface area contributed by atoms with E-state index in [1.54, 1.807) is 24.4 Å². The number of nitrogens with zero attached hydrogens (tertiary/aromatic N) is 2. The molecule has 0 saturated carbocycles. The van der Waals surface area contributed by atoms with E-state index in [4.69, 9.17) is 0 Å². The van der Waals surface area contributed by atoms with E-state index in [2.05, 4.69) is 15.2 Å². The van der Waals surface area contributed by atoms with Gasteiger partial charge in [-0.2, -0.15) is 0 Å². The lowest BCUT2D eigenvalue weighted by atomic mass is 10.0. The molecule has 1 N–H and O–H groups in total. The Kier molecular flexibility index (Phi) is 5.15. The maximum Gasteiger partial charge on any atom is 0.270 e. The molecule has 1 aromatic heterocycles. The van der Waals surface area contributed by atoms with Crippen LogP contribution in [0.5, 0.6) is 0 Å². The number of piperidine rings is 1. The van der Waals surface area contributed by atoms with Crippen LogP contribution in [0, 0.1) is 11.6 Å². The summed E-state index contributed by atoms with van der Waals surface area (Å²) in [6.07, 6.45) is 3.13. The van der Waals surface area contributed by atoms with Crippen LogP contribution in [0.15, 0.2) is 42.6 Å². The van der Waals surface area contributed by atoms with E-state index < -0.39 is 5.82 Å². The van der Waals surface area contributed by atoms with Gasteiger partial charge in [-0.25, -0.2) is 8.78 Å². The van der Waals surface area contributed by atoms with Crippen LogP contribution in [0.1, 0.15) is 28.9 Å². The summed E-state index contributed by atoms with van der Waals surface area (Å²) in [7, 11) is 0. The first-order chi connectivity index (χ1) is 11.6. The number of pyridine rings is 1. The topological polar surface area (TPSA) is 45.2 Å². The molecule has 0 atom stereocenters. The van der Waals surface area contributed by atoms with E-state index in [1.807, 2.05) is 0 Å². The minimum Gasteiger partial charge on any atom is -0.348 e. The van der Waals surface area contributed by atoms with Crippen molar-refractivity contribution in [2.24, 2.45) is 0 Å². The highest BCUT2D eigenvalue weighted by atomic mass is 19.1. The first-order valence-electron chi connectivity index (χ1n) is 8.00. The molecule has 1 aromatic carbocycles. The van der Waals surface area contributed by atoms with Crippen molar-refractivity contribution in [2.45, 2.75) is 25.4 Å². The van der Waals surface area contributed by atoms with Crippen LogP contribution in [0.2, 0.25) is 0 Å². The van der Waals surface area contributed by atoms with Gasteiger partial charge in [0.05, 0.1) is 0 Å². The fraction of sp³-hybridized carbons (Fsp3) is 0.333. The molecule has 1 fully saturated rings. The van der Waals surface area contributed by atoms with Crippen LogP contribution in [0.3, 0.4) is 0 Å². The molecule has 4 nitrogen and oxygen atoms in total. The summed E-state index contributed by atoms with van der Waals surface area (Å²) >= 11 is 0. The van der Waals surface area contributed by atoms with Crippen LogP contribution in [0.25, 0.3) is 0 Å². The smallest absolute Gasteiger partial charge is 0.270 e. The predicted molar refractivity (Wildman–Crippen MR) is 86.4 cm³/mol. The highest BCUT2D eigenvalue weighted by molar-refractivity contribution is 5.92. The second-order valence-corrected chi connectivity index (χ2v) is 5.97. The van der Waals surface area contributed by atoms with Gasteiger partial charge >= 0.3 is 0 Å². The molecule has 1 amide bonds. The number of amides is 1. The average Bonchev–Trinajstić information content (AvgIpc) is 2.60. The minimum absolute atomic E-state index is 0.0770. The first-order valence-corrected chi connectivity index (χ1v) is 8.00. The summed E-state index contributed by atoms with van der Waals surface area (Å²) in [5.41, 5.74) is 0.771. The van der Waals surface area contributed by atoms with Crippen molar-refractivity contribution < 1.29 is 13.6 Å². The third-order valence-electron chi connectivity index (χ3n) is 4.22. The number of carbonyl (C=O) groups excluding carboxylic acids is 1. The number of hydrogen-bond donors (Lipinski definition) is 1. The largest absolute Gasteiger partial charge is 0.348 e. The number of carbonyl (C=O) groups is 1. The maximum atomic E-state index is 13.7. The fourth-order valence-electron chi connectivity index (χ4n) is 2.90. The Balaban J connectivity index is 1.51. The van der Waals surface area contributed by atoms with Crippen molar-refractivity contribution >= 4 is 5.91 Å². The van der Waals surface area contributed by atoms with Gasteiger partial charge in [-0.1, -0.05) is 6.07 Å². The molecule has 3 rings (SSSR count). The molecule has 1 aliphatic heterocycles. The molecule has 0 bridgehead atoms. The zero-order chi connectivity index (χ0) is 16.9. The Morgan fingerprint density at radius 3 is 2.71 bits per heavy atom. The first kappa shape index (κ1) is 16.5. The summed E-state index contributed by atoms with van der Waals surface area (Å²) in [6.45, 7) is 1.83. The van der Waals surface area contributed by atoms with E-state index >= 15 is 0 Å². The summed E-state index contributed by atoms with van der Waals surface area (Å²) in [5, 5.41) is 2.98. The van der Waals surface area contributed by atoms with Crippen LogP contribution >= 0.6 is 0 Å². The molecule has 1 saturated heterocycles. The van der Waals surface area contributed by atoms with Gasteiger partial charge in [-0.05, 0) is 43.2 Å². The predicted octanol–water partition coefficient (Wildman–Crippen LogP) is 2.75. The molecule has 6 heteroatoms. The Labute approximate surface area is 139 Å². The molecule has 1 aliphatic rings. The van der Waals surface area contributed by atoms with Gasteiger partial charge in [0.1, 0.15) is 17.3 Å². The van der Waals surface area contributed by atoms with Gasteiger partial charge < -0.3 is 5.32 Å². The van der Waals surface area contributed by atoms with Crippen LogP contribution in [-0.4, -0.2) is 34.9 Å². The minimum atomic E-state index is -0.427. The Bertz CT molecular complexity index is 701. The Hall–Kier alpha value is -2.34. The fourth-order valence-corrected chi connectivity index (χ4v) is 2.90. The van der Waals surface area contributed by atoms with E-state index in [0.717, 1.165) is 38.1 Å². The zero-order valence-corrected chi connectivity index (χ0v) is 13.2. The monoisotopic (exact) mass is 331 g/mol. The van der Waals surface area contributed by atoms with Gasteiger partial charge in [0.25, 0.3) is 5.91 Å². The molecule has 2 aromatic rings. The Morgan fingerprint density at radius 2 is 2.00 bits per heavy atom. The van der Waals surface area contributed by atoms with E-state index in [-0.39, 0.29) is 17.8 Å². The summed E-state index contributed by atoms with van der Waals surface area (Å²) in [6, 6.07) is 8.82. The molecule has 2 heterocycles. The Morgan fingerprint density at radius 1 is 1.21 bits per heavy atom. The van der Waals surface area contributed by atoms with Gasteiger partial charge in [-0.3, -0.25) is 14.7 Å². The van der Waals surface area contributed by atoms with Crippen LogP contribution in [-0.2, 0) is 6.54 Å². The summed E-state index contributed by atoms with van der Waals surface area (Å²) in [4.78, 5) is 18.2. The van der Waals surface area contributed by atoms with Gasteiger partial charge in [0, 0.05) is 37.4 Å². The van der Waals surface area contributed by atoms with Crippen molar-refractivity contribution in [1.29, 1.82) is 0 Å². The highest BCUT2D eigenvalue weighted by Gasteiger charge is 2.22. The van der Waals surface area contributed by atoms with E-state index in [0.29, 0.717) is 17.8 Å². The van der Waals surface area contributed by atoms with Crippen molar-refractivity contribution in [2.75, 3.05) is 13.1 Å². The van der Waals surface area contributed by atoms with E-state index in [9.17, 15) is 13.6 Å². The second kappa shape index (κ2) is 7.49. The quantitative estimate of drug-likeness (QED) is 0.937. The van der Waals surface area contributed by atoms with Gasteiger partial charge in [0.2, 0.25) is 0 Å². The summed E-state index contributed by atoms with van der Waals surface area (Å²) < 4.78 is 26.9. The average molecular weight is 331 g/mol. The van der Waals surface area contributed by atoms with Crippen molar-refractivity contribution in [3.8, 4) is 0 Å². The SMILES string of the molecule is O=C(NC1CCN(Cc2cc(F)ccc2F)CC1)c1ccccn1. The lowest BCUT2D eigenvalue weighted by Crippen LogP contribution is -2.44. The van der Waals surface area contributed by atoms with Crippen molar-refractivity contribution in [3.63, 3.8) is 0 Å². The number of halogens is 2. The van der Waals surface area contributed by atoms with Crippen molar-refractivity contribution in [1.82, 2.24) is 15.2 Å². The number of likely N-dealkylation sites (tertiary alicyclic amines) is 1. The second-order valence-electron chi connectivity index (χ2n) is 5.97. The van der Waals surface area contributed by atoms with Crippen molar-refractivity contribution in [3.05, 3.63) is 65.5 Å². The zero-order valence-electron chi connectivity index (χ0n) is 13.2. The summed E-state index contributed by atoms with van der Waals surface area (Å²) in [5.74, 6) is -0.990. The number of nitrogens with one attached hydrogen (secondary N) is 1. The van der Waals surface area contributed by atoms with Gasteiger partial charge in [-0.15, -0.1) is 0 Å². The van der Waals surface area contributed by atoms with Gasteiger partial charge in [0.15, 0.2) is 0 Å². The molecular weight excluding hydrogens is 312 g/mol. The third-order valence-corrected chi connectivity index (χ3v) is 4.22. The van der Waals surface area contributed by atoms with E-state index in [1.165, 1.54) is 6.07 Å². The number of hydrogen-bond acceptors (Lipinski definition) is 3. The molecular formula is C18H19F2N3O. The number of aromatic nitrogens is 1. The molecule has 24 heavy (non-hydrogen) atoms. The lowest BCUT2D eigenvalue weighted by molar-refractivity contribution is 0.0903. The highest BCUT2D eigenvalue weighted by Crippen LogP contribution is 2.17. The number of rotatable bonds is 4. The molecule has 0 unspecified atom stereocenters. The molecule has 126 valence electrons. The molecule has 0 radical (unpaired) electrons. The van der Waals surface area contributed by atoms with Crippen LogP contribution < -0.4 is 5.32 Å². The molecule has 0 aliphatic carbocycles. The standard InChI is InChI=1S/C18H19F2N3O/c19-14-4-5-16(20)13(11-14)12-23-9-6-15(7-10-23)22-18(24)17-3-1-2-8-21-17/h1-5,8,11,15H,6-7,9-10,12H2,(H,22,24). The lowest BCUT2D eigenvalue weighted by Gasteiger charge is -2.32. The molecule has 0 spiro atoms. The normalized spacial score (nSPS) is 16.1. The third kappa shape index (κ3) is 4.14. The van der Waals surface area contributed by atoms with Crippen LogP contribution in [0.4, 0.5) is 8.78 Å². The number of benzene rings is 1. The maximum absolute atomic E-state index is 13.7.